The van der Waals surface area contributed by atoms with Crippen molar-refractivity contribution in [3.8, 4) is 0 Å². The second-order valence-corrected chi connectivity index (χ2v) is 8.80. The summed E-state index contributed by atoms with van der Waals surface area (Å²) in [5.74, 6) is -4.95. The van der Waals surface area contributed by atoms with Crippen LogP contribution in [0.4, 0.5) is 26.3 Å². The lowest BCUT2D eigenvalue weighted by Crippen LogP contribution is -2.24. The lowest BCUT2D eigenvalue weighted by molar-refractivity contribution is -0.193. The Kier molecular flexibility index (Phi) is 11.5. The number of nitrogens with one attached hydrogen (secondary N) is 1. The van der Waals surface area contributed by atoms with Crippen LogP contribution in [0.15, 0.2) is 48.7 Å². The third-order valence-corrected chi connectivity index (χ3v) is 5.70. The standard InChI is InChI=1S/C20H21ClN4O2.2C2HF3O2/c21-16-6-2-1-5-14(16)11-22-20(27)19-17-7-3-4-9-25(17)18(23-19)13-24-10-8-15(26)12-24;2*3-2(4,5)1(6)7/h1-7,9,15,26H,8,10-13H2,(H,22,27);2*(H,6,7). The van der Waals surface area contributed by atoms with Gasteiger partial charge in [0.25, 0.3) is 5.91 Å². The Bertz CT molecular complexity index is 1340. The van der Waals surface area contributed by atoms with Gasteiger partial charge in [0, 0.05) is 30.9 Å². The van der Waals surface area contributed by atoms with Crippen molar-refractivity contribution in [3.05, 3.63) is 70.8 Å². The number of amides is 1. The molecule has 1 saturated heterocycles. The van der Waals surface area contributed by atoms with Crippen molar-refractivity contribution in [2.24, 2.45) is 0 Å². The third-order valence-electron chi connectivity index (χ3n) is 5.33. The van der Waals surface area contributed by atoms with Crippen LogP contribution in [0, 0.1) is 0 Å². The predicted octanol–water partition coefficient (Wildman–Crippen LogP) is 3.75. The summed E-state index contributed by atoms with van der Waals surface area (Å²) in [4.78, 5) is 37.3. The molecule has 224 valence electrons. The molecule has 1 unspecified atom stereocenters. The Morgan fingerprint density at radius 2 is 1.54 bits per heavy atom. The van der Waals surface area contributed by atoms with Crippen LogP contribution in [0.25, 0.3) is 5.52 Å². The van der Waals surface area contributed by atoms with Crippen LogP contribution in [0.3, 0.4) is 0 Å². The molecular weight excluding hydrogens is 590 g/mol. The number of halogens is 7. The molecule has 1 amide bonds. The number of imidazole rings is 1. The number of likely N-dealkylation sites (tertiary alicyclic amines) is 1. The van der Waals surface area contributed by atoms with Crippen molar-refractivity contribution < 1.29 is 56.0 Å². The van der Waals surface area contributed by atoms with Gasteiger partial charge in [0.2, 0.25) is 0 Å². The highest BCUT2D eigenvalue weighted by Gasteiger charge is 2.38. The summed E-state index contributed by atoms with van der Waals surface area (Å²) >= 11 is 6.16. The smallest absolute Gasteiger partial charge is 0.475 e. The molecule has 41 heavy (non-hydrogen) atoms. The van der Waals surface area contributed by atoms with E-state index in [1.165, 1.54) is 0 Å². The number of rotatable bonds is 5. The number of aliphatic hydroxyl groups is 1. The zero-order valence-electron chi connectivity index (χ0n) is 20.8. The van der Waals surface area contributed by atoms with Crippen LogP contribution in [-0.4, -0.2) is 79.0 Å². The number of nitrogens with zero attached hydrogens (tertiary/aromatic N) is 3. The summed E-state index contributed by atoms with van der Waals surface area (Å²) in [6, 6.07) is 13.1. The highest BCUT2D eigenvalue weighted by molar-refractivity contribution is 6.31. The molecule has 0 saturated carbocycles. The number of carboxylic acid groups (broad SMARTS) is 2. The average Bonchev–Trinajstić information content (AvgIpc) is 3.46. The van der Waals surface area contributed by atoms with Gasteiger partial charge in [-0.1, -0.05) is 35.9 Å². The normalized spacial score (nSPS) is 15.4. The quantitative estimate of drug-likeness (QED) is 0.319. The van der Waals surface area contributed by atoms with E-state index in [4.69, 9.17) is 31.4 Å². The number of carbonyl (C=O) groups excluding carboxylic acids is 1. The minimum atomic E-state index is -5.08. The number of aliphatic carboxylic acids is 2. The van der Waals surface area contributed by atoms with E-state index in [0.717, 1.165) is 29.9 Å². The summed E-state index contributed by atoms with van der Waals surface area (Å²) < 4.78 is 65.4. The second-order valence-electron chi connectivity index (χ2n) is 8.39. The Morgan fingerprint density at radius 1 is 0.976 bits per heavy atom. The van der Waals surface area contributed by atoms with E-state index >= 15 is 0 Å². The van der Waals surface area contributed by atoms with Crippen molar-refractivity contribution in [1.82, 2.24) is 19.6 Å². The van der Waals surface area contributed by atoms with Crippen LogP contribution >= 0.6 is 11.6 Å². The molecule has 0 bridgehead atoms. The molecule has 17 heteroatoms. The monoisotopic (exact) mass is 612 g/mol. The maximum absolute atomic E-state index is 12.8. The molecule has 3 heterocycles. The molecular formula is C24H23ClF6N4O6. The molecule has 2 aromatic heterocycles. The van der Waals surface area contributed by atoms with E-state index in [1.807, 2.05) is 47.0 Å². The lowest BCUT2D eigenvalue weighted by atomic mass is 10.2. The predicted molar refractivity (Wildman–Crippen MR) is 131 cm³/mol. The molecule has 1 fully saturated rings. The minimum Gasteiger partial charge on any atom is -0.475 e. The fourth-order valence-electron chi connectivity index (χ4n) is 3.44. The largest absolute Gasteiger partial charge is 0.490 e. The highest BCUT2D eigenvalue weighted by atomic mass is 35.5. The summed E-state index contributed by atoms with van der Waals surface area (Å²) in [5.41, 5.74) is 2.03. The number of hydrogen-bond donors (Lipinski definition) is 4. The van der Waals surface area contributed by atoms with Gasteiger partial charge in [-0.05, 0) is 30.2 Å². The number of aromatic nitrogens is 2. The zero-order chi connectivity index (χ0) is 31.0. The SMILES string of the molecule is O=C(NCc1ccccc1Cl)c1nc(CN2CCC(O)C2)n2ccccc12.O=C(O)C(F)(F)F.O=C(O)C(F)(F)F. The molecule has 4 N–H and O–H groups in total. The van der Waals surface area contributed by atoms with E-state index in [2.05, 4.69) is 15.2 Å². The lowest BCUT2D eigenvalue weighted by Gasteiger charge is -2.13. The summed E-state index contributed by atoms with van der Waals surface area (Å²) in [6.07, 6.45) is -7.77. The van der Waals surface area contributed by atoms with E-state index in [0.29, 0.717) is 30.4 Å². The van der Waals surface area contributed by atoms with Crippen molar-refractivity contribution in [2.75, 3.05) is 13.1 Å². The van der Waals surface area contributed by atoms with Crippen LogP contribution in [0.5, 0.6) is 0 Å². The van der Waals surface area contributed by atoms with Gasteiger partial charge >= 0.3 is 24.3 Å². The number of carbonyl (C=O) groups is 3. The van der Waals surface area contributed by atoms with Crippen LogP contribution < -0.4 is 5.32 Å². The van der Waals surface area contributed by atoms with Gasteiger partial charge in [-0.3, -0.25) is 9.69 Å². The molecule has 1 aliphatic rings. The molecule has 1 atom stereocenters. The molecule has 10 nitrogen and oxygen atoms in total. The van der Waals surface area contributed by atoms with Crippen molar-refractivity contribution in [2.45, 2.75) is 38.0 Å². The molecule has 0 aliphatic carbocycles. The Labute approximate surface area is 232 Å². The second kappa shape index (κ2) is 14.1. The number of pyridine rings is 1. The van der Waals surface area contributed by atoms with Gasteiger partial charge in [0.1, 0.15) is 5.82 Å². The first kappa shape index (κ1) is 33.3. The third kappa shape index (κ3) is 10.2. The molecule has 3 aromatic rings. The van der Waals surface area contributed by atoms with E-state index in [-0.39, 0.29) is 12.0 Å². The maximum atomic E-state index is 12.8. The topological polar surface area (TPSA) is 144 Å². The fraction of sp³-hybridized carbons (Fsp3) is 0.333. The Morgan fingerprint density at radius 3 is 2.05 bits per heavy atom. The summed E-state index contributed by atoms with van der Waals surface area (Å²) in [7, 11) is 0. The summed E-state index contributed by atoms with van der Waals surface area (Å²) in [5, 5.41) is 27.5. The fourth-order valence-corrected chi connectivity index (χ4v) is 3.64. The first-order valence-corrected chi connectivity index (χ1v) is 11.9. The van der Waals surface area contributed by atoms with Gasteiger partial charge in [-0.2, -0.15) is 26.3 Å². The Balaban J connectivity index is 0.000000349. The zero-order valence-corrected chi connectivity index (χ0v) is 21.5. The first-order chi connectivity index (χ1) is 19.0. The maximum Gasteiger partial charge on any atom is 0.490 e. The van der Waals surface area contributed by atoms with Crippen LogP contribution in [0.2, 0.25) is 5.02 Å². The number of fused-ring (bicyclic) bond motifs is 1. The van der Waals surface area contributed by atoms with Gasteiger partial charge in [0.05, 0.1) is 18.2 Å². The van der Waals surface area contributed by atoms with Crippen molar-refractivity contribution in [1.29, 1.82) is 0 Å². The van der Waals surface area contributed by atoms with Crippen molar-refractivity contribution >= 4 is 35.0 Å². The van der Waals surface area contributed by atoms with Gasteiger partial charge in [0.15, 0.2) is 5.69 Å². The molecule has 1 aromatic carbocycles. The number of benzene rings is 1. The van der Waals surface area contributed by atoms with Crippen molar-refractivity contribution in [3.63, 3.8) is 0 Å². The molecule has 0 radical (unpaired) electrons. The van der Waals surface area contributed by atoms with E-state index in [1.54, 1.807) is 6.07 Å². The number of β-amino-alcohol motifs (C(OH)–C–C–N with tert-alkyl or cyclic N) is 1. The number of aliphatic hydroxyl groups excluding tert-OH is 1. The number of hydrogen-bond acceptors (Lipinski definition) is 6. The first-order valence-electron chi connectivity index (χ1n) is 11.5. The van der Waals surface area contributed by atoms with Gasteiger partial charge in [-0.15, -0.1) is 0 Å². The van der Waals surface area contributed by atoms with Gasteiger partial charge < -0.3 is 25.0 Å². The number of carboxylic acids is 2. The van der Waals surface area contributed by atoms with E-state index < -0.39 is 24.3 Å². The average molecular weight is 613 g/mol. The minimum absolute atomic E-state index is 0.230. The van der Waals surface area contributed by atoms with E-state index in [9.17, 15) is 36.2 Å². The van der Waals surface area contributed by atoms with Gasteiger partial charge in [-0.25, -0.2) is 14.6 Å². The van der Waals surface area contributed by atoms with Crippen LogP contribution in [0.1, 0.15) is 28.3 Å². The molecule has 1 aliphatic heterocycles. The summed E-state index contributed by atoms with van der Waals surface area (Å²) in [6.45, 7) is 2.41. The highest BCUT2D eigenvalue weighted by Crippen LogP contribution is 2.19. The molecule has 0 spiro atoms. The molecule has 4 rings (SSSR count). The van der Waals surface area contributed by atoms with Crippen LogP contribution in [-0.2, 0) is 22.7 Å². The number of alkyl halides is 6. The Hall–Kier alpha value is -3.89.